The van der Waals surface area contributed by atoms with Crippen molar-refractivity contribution in [2.45, 2.75) is 71.8 Å². The molecule has 0 aromatic heterocycles. The van der Waals surface area contributed by atoms with E-state index in [1.54, 1.807) is 0 Å². The highest BCUT2D eigenvalue weighted by Gasteiger charge is 2.30. The SMILES string of the molecule is CCCC(OCC)C(COCC)C1CCCCC1. The molecule has 108 valence electrons. The van der Waals surface area contributed by atoms with Crippen LogP contribution in [0.3, 0.4) is 0 Å². The van der Waals surface area contributed by atoms with Gasteiger partial charge in [-0.3, -0.25) is 0 Å². The van der Waals surface area contributed by atoms with E-state index in [1.165, 1.54) is 44.9 Å². The minimum Gasteiger partial charge on any atom is -0.381 e. The lowest BCUT2D eigenvalue weighted by Gasteiger charge is -2.35. The molecule has 1 saturated carbocycles. The van der Waals surface area contributed by atoms with Crippen LogP contribution < -0.4 is 0 Å². The number of hydrogen-bond acceptors (Lipinski definition) is 2. The monoisotopic (exact) mass is 256 g/mol. The molecule has 1 aliphatic rings. The van der Waals surface area contributed by atoms with E-state index in [1.807, 2.05) is 0 Å². The summed E-state index contributed by atoms with van der Waals surface area (Å²) < 4.78 is 11.8. The zero-order chi connectivity index (χ0) is 13.2. The van der Waals surface area contributed by atoms with Crippen LogP contribution >= 0.6 is 0 Å². The van der Waals surface area contributed by atoms with Gasteiger partial charge in [0.15, 0.2) is 0 Å². The van der Waals surface area contributed by atoms with Crippen LogP contribution in [0.5, 0.6) is 0 Å². The molecule has 1 rings (SSSR count). The second-order valence-electron chi connectivity index (χ2n) is 5.50. The Balaban J connectivity index is 2.59. The Bertz CT molecular complexity index is 182. The summed E-state index contributed by atoms with van der Waals surface area (Å²) in [5.74, 6) is 1.44. The predicted molar refractivity (Wildman–Crippen MR) is 76.9 cm³/mol. The van der Waals surface area contributed by atoms with E-state index in [0.29, 0.717) is 12.0 Å². The summed E-state index contributed by atoms with van der Waals surface area (Å²) in [6.45, 7) is 9.01. The summed E-state index contributed by atoms with van der Waals surface area (Å²) in [5, 5.41) is 0. The normalized spacial score (nSPS) is 20.8. The van der Waals surface area contributed by atoms with Crippen molar-refractivity contribution < 1.29 is 9.47 Å². The molecule has 0 bridgehead atoms. The topological polar surface area (TPSA) is 18.5 Å². The lowest BCUT2D eigenvalue weighted by Crippen LogP contribution is -2.35. The Labute approximate surface area is 113 Å². The van der Waals surface area contributed by atoms with Crippen LogP contribution in [0.1, 0.15) is 65.7 Å². The molecule has 2 atom stereocenters. The zero-order valence-electron chi connectivity index (χ0n) is 12.6. The van der Waals surface area contributed by atoms with Gasteiger partial charge in [0, 0.05) is 19.1 Å². The summed E-state index contributed by atoms with van der Waals surface area (Å²) in [6.07, 6.45) is 9.79. The first-order chi connectivity index (χ1) is 8.83. The second-order valence-corrected chi connectivity index (χ2v) is 5.50. The first kappa shape index (κ1) is 16.0. The average Bonchev–Trinajstić information content (AvgIpc) is 2.41. The van der Waals surface area contributed by atoms with Crippen molar-refractivity contribution in [2.24, 2.45) is 11.8 Å². The minimum absolute atomic E-state index is 0.412. The van der Waals surface area contributed by atoms with E-state index in [9.17, 15) is 0 Å². The van der Waals surface area contributed by atoms with Gasteiger partial charge in [-0.1, -0.05) is 45.4 Å². The third-order valence-electron chi connectivity index (χ3n) is 4.20. The van der Waals surface area contributed by atoms with Crippen LogP contribution in [0.15, 0.2) is 0 Å². The van der Waals surface area contributed by atoms with Crippen LogP contribution in [-0.4, -0.2) is 25.9 Å². The Morgan fingerprint density at radius 1 is 1.00 bits per heavy atom. The third kappa shape index (κ3) is 5.27. The van der Waals surface area contributed by atoms with Crippen molar-refractivity contribution in [3.63, 3.8) is 0 Å². The van der Waals surface area contributed by atoms with Gasteiger partial charge in [0.2, 0.25) is 0 Å². The highest BCUT2D eigenvalue weighted by molar-refractivity contribution is 4.80. The summed E-state index contributed by atoms with van der Waals surface area (Å²) in [4.78, 5) is 0. The zero-order valence-corrected chi connectivity index (χ0v) is 12.6. The van der Waals surface area contributed by atoms with Crippen molar-refractivity contribution in [3.8, 4) is 0 Å². The number of hydrogen-bond donors (Lipinski definition) is 0. The van der Waals surface area contributed by atoms with E-state index in [4.69, 9.17) is 9.47 Å². The van der Waals surface area contributed by atoms with E-state index < -0.39 is 0 Å². The summed E-state index contributed by atoms with van der Waals surface area (Å²) in [6, 6.07) is 0. The second kappa shape index (κ2) is 9.80. The molecule has 0 N–H and O–H groups in total. The van der Waals surface area contributed by atoms with Crippen molar-refractivity contribution in [1.29, 1.82) is 0 Å². The number of rotatable bonds is 9. The van der Waals surface area contributed by atoms with Gasteiger partial charge >= 0.3 is 0 Å². The Morgan fingerprint density at radius 2 is 1.72 bits per heavy atom. The molecular weight excluding hydrogens is 224 g/mol. The molecule has 0 saturated heterocycles. The van der Waals surface area contributed by atoms with Crippen LogP contribution in [0, 0.1) is 11.8 Å². The van der Waals surface area contributed by atoms with Gasteiger partial charge in [0.25, 0.3) is 0 Å². The van der Waals surface area contributed by atoms with E-state index in [0.717, 1.165) is 25.7 Å². The fourth-order valence-electron chi connectivity index (χ4n) is 3.28. The molecule has 18 heavy (non-hydrogen) atoms. The van der Waals surface area contributed by atoms with Crippen LogP contribution in [0.25, 0.3) is 0 Å². The lowest BCUT2D eigenvalue weighted by molar-refractivity contribution is -0.0481. The first-order valence-corrected chi connectivity index (χ1v) is 8.02. The largest absolute Gasteiger partial charge is 0.381 e. The molecule has 1 fully saturated rings. The van der Waals surface area contributed by atoms with E-state index in [-0.39, 0.29) is 0 Å². The molecule has 0 aliphatic heterocycles. The van der Waals surface area contributed by atoms with Crippen LogP contribution in [-0.2, 0) is 9.47 Å². The quantitative estimate of drug-likeness (QED) is 0.608. The standard InChI is InChI=1S/C16H32O2/c1-4-10-16(18-6-3)15(13-17-5-2)14-11-8-7-9-12-14/h14-16H,4-13H2,1-3H3. The van der Waals surface area contributed by atoms with Gasteiger partial charge in [-0.25, -0.2) is 0 Å². The first-order valence-electron chi connectivity index (χ1n) is 8.02. The van der Waals surface area contributed by atoms with E-state index >= 15 is 0 Å². The fraction of sp³-hybridized carbons (Fsp3) is 1.00. The molecule has 0 amide bonds. The molecular formula is C16H32O2. The molecule has 2 nitrogen and oxygen atoms in total. The molecule has 0 radical (unpaired) electrons. The Morgan fingerprint density at radius 3 is 2.28 bits per heavy atom. The highest BCUT2D eigenvalue weighted by atomic mass is 16.5. The van der Waals surface area contributed by atoms with Crippen molar-refractivity contribution in [3.05, 3.63) is 0 Å². The van der Waals surface area contributed by atoms with E-state index in [2.05, 4.69) is 20.8 Å². The van der Waals surface area contributed by atoms with Crippen molar-refractivity contribution in [1.82, 2.24) is 0 Å². The molecule has 0 spiro atoms. The Kier molecular flexibility index (Phi) is 8.70. The maximum atomic E-state index is 6.01. The van der Waals surface area contributed by atoms with Gasteiger partial charge in [-0.2, -0.15) is 0 Å². The highest BCUT2D eigenvalue weighted by Crippen LogP contribution is 2.34. The van der Waals surface area contributed by atoms with Gasteiger partial charge < -0.3 is 9.47 Å². The van der Waals surface area contributed by atoms with Gasteiger partial charge in [0.05, 0.1) is 12.7 Å². The fourth-order valence-corrected chi connectivity index (χ4v) is 3.28. The summed E-state index contributed by atoms with van der Waals surface area (Å²) in [7, 11) is 0. The molecule has 0 heterocycles. The Hall–Kier alpha value is -0.0800. The van der Waals surface area contributed by atoms with Gasteiger partial charge in [-0.15, -0.1) is 0 Å². The maximum absolute atomic E-state index is 6.01. The smallest absolute Gasteiger partial charge is 0.0627 e. The van der Waals surface area contributed by atoms with Crippen LogP contribution in [0.2, 0.25) is 0 Å². The summed E-state index contributed by atoms with van der Waals surface area (Å²) in [5.41, 5.74) is 0. The average molecular weight is 256 g/mol. The summed E-state index contributed by atoms with van der Waals surface area (Å²) >= 11 is 0. The minimum atomic E-state index is 0.412. The third-order valence-corrected chi connectivity index (χ3v) is 4.20. The van der Waals surface area contributed by atoms with Crippen molar-refractivity contribution >= 4 is 0 Å². The maximum Gasteiger partial charge on any atom is 0.0627 e. The molecule has 2 unspecified atom stereocenters. The van der Waals surface area contributed by atoms with Gasteiger partial charge in [0.1, 0.15) is 0 Å². The predicted octanol–water partition coefficient (Wildman–Crippen LogP) is 4.42. The molecule has 0 aromatic carbocycles. The van der Waals surface area contributed by atoms with Crippen molar-refractivity contribution in [2.75, 3.05) is 19.8 Å². The van der Waals surface area contributed by atoms with Gasteiger partial charge in [-0.05, 0) is 26.2 Å². The molecule has 0 aromatic rings. The van der Waals surface area contributed by atoms with Crippen LogP contribution in [0.4, 0.5) is 0 Å². The molecule has 1 aliphatic carbocycles. The lowest BCUT2D eigenvalue weighted by atomic mass is 9.77. The molecule has 2 heteroatoms. The number of ether oxygens (including phenoxy) is 2.